The number of nitrogens with two attached hydrogens (primary N) is 1. The highest BCUT2D eigenvalue weighted by molar-refractivity contribution is 5.94. The highest BCUT2D eigenvalue weighted by Gasteiger charge is 2.28. The molecule has 2 N–H and O–H groups in total. The molecule has 7 nitrogen and oxygen atoms in total. The van der Waals surface area contributed by atoms with Gasteiger partial charge in [0.2, 0.25) is 0 Å². The molecule has 0 fully saturated rings. The Hall–Kier alpha value is -3.42. The van der Waals surface area contributed by atoms with Crippen molar-refractivity contribution in [3.05, 3.63) is 105 Å². The maximum atomic E-state index is 13.7. The zero-order valence-electron chi connectivity index (χ0n) is 21.1. The van der Waals surface area contributed by atoms with E-state index in [0.717, 1.165) is 28.0 Å². The Balaban J connectivity index is 0.00000361. The second-order valence-corrected chi connectivity index (χ2v) is 8.98. The number of carbonyl (C=O) groups is 1. The molecule has 2 aromatic heterocycles. The molecule has 0 aliphatic rings. The summed E-state index contributed by atoms with van der Waals surface area (Å²) in [5.41, 5.74) is 10.7. The van der Waals surface area contributed by atoms with Gasteiger partial charge in [-0.15, -0.1) is 12.4 Å². The molecule has 4 aromatic rings. The number of hydrogen-bond acceptors (Lipinski definition) is 4. The minimum Gasteiger partial charge on any atom is -0.330 e. The van der Waals surface area contributed by atoms with Gasteiger partial charge in [0.25, 0.3) is 5.91 Å². The largest absolute Gasteiger partial charge is 0.349 e. The Kier molecular flexibility index (Phi) is 9.07. The van der Waals surface area contributed by atoms with Crippen molar-refractivity contribution in [3.8, 4) is 0 Å². The molecule has 0 saturated carbocycles. The number of rotatable bonds is 9. The number of carbonyl (C=O) groups excluding carboxylic acids is 1. The fourth-order valence-electron chi connectivity index (χ4n) is 4.54. The van der Waals surface area contributed by atoms with Crippen molar-refractivity contribution in [2.45, 2.75) is 46.2 Å². The Morgan fingerprint density at radius 3 is 2.39 bits per heavy atom. The van der Waals surface area contributed by atoms with E-state index in [4.69, 9.17) is 5.73 Å². The lowest BCUT2D eigenvalue weighted by Gasteiger charge is -2.33. The number of aromatic nitrogens is 3. The van der Waals surface area contributed by atoms with Crippen molar-refractivity contribution in [1.29, 1.82) is 0 Å². The van der Waals surface area contributed by atoms with Gasteiger partial charge in [0.15, 0.2) is 0 Å². The SMILES string of the molecule is CCC(c1cc2cc(C)nn2c(=O)n1Cc1ccccc1)N(CCCN)C(=O)c1ccc(C)cc1.Cl. The number of fused-ring (bicyclic) bond motifs is 1. The van der Waals surface area contributed by atoms with E-state index in [1.807, 2.05) is 92.4 Å². The van der Waals surface area contributed by atoms with Gasteiger partial charge in [0.1, 0.15) is 0 Å². The molecule has 2 heterocycles. The van der Waals surface area contributed by atoms with E-state index < -0.39 is 0 Å². The normalized spacial score (nSPS) is 11.8. The number of benzene rings is 2. The van der Waals surface area contributed by atoms with Gasteiger partial charge >= 0.3 is 5.69 Å². The Morgan fingerprint density at radius 1 is 1.06 bits per heavy atom. The second kappa shape index (κ2) is 12.0. The van der Waals surface area contributed by atoms with Crippen LogP contribution < -0.4 is 11.4 Å². The second-order valence-electron chi connectivity index (χ2n) is 8.98. The summed E-state index contributed by atoms with van der Waals surface area (Å²) in [6, 6.07) is 21.1. The van der Waals surface area contributed by atoms with Crippen LogP contribution in [0.25, 0.3) is 5.52 Å². The predicted molar refractivity (Wildman–Crippen MR) is 146 cm³/mol. The van der Waals surface area contributed by atoms with E-state index in [-0.39, 0.29) is 30.0 Å². The van der Waals surface area contributed by atoms with Gasteiger partial charge < -0.3 is 10.6 Å². The molecule has 4 rings (SSSR count). The summed E-state index contributed by atoms with van der Waals surface area (Å²) in [4.78, 5) is 29.2. The van der Waals surface area contributed by atoms with Gasteiger partial charge in [-0.25, -0.2) is 4.79 Å². The summed E-state index contributed by atoms with van der Waals surface area (Å²) in [5.74, 6) is -0.0615. The molecule has 2 aromatic carbocycles. The van der Waals surface area contributed by atoms with Crippen LogP contribution in [0.1, 0.15) is 58.7 Å². The quantitative estimate of drug-likeness (QED) is 0.361. The number of hydrogen-bond donors (Lipinski definition) is 1. The molecule has 190 valence electrons. The third-order valence-electron chi connectivity index (χ3n) is 6.33. The minimum absolute atomic E-state index is 0. The summed E-state index contributed by atoms with van der Waals surface area (Å²) in [5, 5.41) is 4.41. The summed E-state index contributed by atoms with van der Waals surface area (Å²) < 4.78 is 3.20. The first-order valence-electron chi connectivity index (χ1n) is 12.1. The first kappa shape index (κ1) is 27.2. The molecule has 0 aliphatic carbocycles. The van der Waals surface area contributed by atoms with E-state index in [1.54, 1.807) is 4.57 Å². The van der Waals surface area contributed by atoms with E-state index >= 15 is 0 Å². The van der Waals surface area contributed by atoms with Crippen LogP contribution in [0.2, 0.25) is 0 Å². The van der Waals surface area contributed by atoms with E-state index in [9.17, 15) is 9.59 Å². The van der Waals surface area contributed by atoms with Crippen LogP contribution in [0.4, 0.5) is 0 Å². The van der Waals surface area contributed by atoms with Crippen LogP contribution >= 0.6 is 12.4 Å². The van der Waals surface area contributed by atoms with Crippen LogP contribution in [0.3, 0.4) is 0 Å². The molecular formula is C28H34ClN5O2. The van der Waals surface area contributed by atoms with Crippen molar-refractivity contribution in [1.82, 2.24) is 19.1 Å². The Morgan fingerprint density at radius 2 is 1.75 bits per heavy atom. The summed E-state index contributed by atoms with van der Waals surface area (Å²) in [6.45, 7) is 7.30. The molecular weight excluding hydrogens is 474 g/mol. The smallest absolute Gasteiger partial charge is 0.330 e. The lowest BCUT2D eigenvalue weighted by Crippen LogP contribution is -2.40. The first-order chi connectivity index (χ1) is 16.9. The van der Waals surface area contributed by atoms with Crippen LogP contribution in [-0.4, -0.2) is 38.1 Å². The first-order valence-corrected chi connectivity index (χ1v) is 12.1. The van der Waals surface area contributed by atoms with Crippen molar-refractivity contribution in [2.75, 3.05) is 13.1 Å². The lowest BCUT2D eigenvalue weighted by atomic mass is 10.0. The minimum atomic E-state index is -0.299. The molecule has 0 bridgehead atoms. The van der Waals surface area contributed by atoms with Gasteiger partial charge in [-0.05, 0) is 63.1 Å². The third kappa shape index (κ3) is 5.69. The zero-order chi connectivity index (χ0) is 24.9. The molecule has 0 saturated heterocycles. The van der Waals surface area contributed by atoms with Gasteiger partial charge in [-0.2, -0.15) is 9.61 Å². The fourth-order valence-corrected chi connectivity index (χ4v) is 4.54. The maximum Gasteiger partial charge on any atom is 0.349 e. The van der Waals surface area contributed by atoms with Crippen LogP contribution in [0.5, 0.6) is 0 Å². The summed E-state index contributed by atoms with van der Waals surface area (Å²) in [7, 11) is 0. The zero-order valence-corrected chi connectivity index (χ0v) is 21.9. The fraction of sp³-hybridized carbons (Fsp3) is 0.321. The highest BCUT2D eigenvalue weighted by Crippen LogP contribution is 2.27. The molecule has 0 spiro atoms. The van der Waals surface area contributed by atoms with E-state index in [1.165, 1.54) is 4.52 Å². The van der Waals surface area contributed by atoms with Crippen molar-refractivity contribution in [3.63, 3.8) is 0 Å². The molecule has 0 aliphatic heterocycles. The van der Waals surface area contributed by atoms with Gasteiger partial charge in [0, 0.05) is 17.8 Å². The molecule has 1 amide bonds. The number of halogens is 1. The van der Waals surface area contributed by atoms with E-state index in [2.05, 4.69) is 5.10 Å². The third-order valence-corrected chi connectivity index (χ3v) is 6.33. The number of aryl methyl sites for hydroxylation is 2. The Labute approximate surface area is 218 Å². The lowest BCUT2D eigenvalue weighted by molar-refractivity contribution is 0.0660. The molecule has 36 heavy (non-hydrogen) atoms. The summed E-state index contributed by atoms with van der Waals surface area (Å²) in [6.07, 6.45) is 1.32. The predicted octanol–water partition coefficient (Wildman–Crippen LogP) is 4.53. The molecule has 1 atom stereocenters. The van der Waals surface area contributed by atoms with Gasteiger partial charge in [-0.1, -0.05) is 55.0 Å². The van der Waals surface area contributed by atoms with Crippen LogP contribution in [-0.2, 0) is 6.54 Å². The van der Waals surface area contributed by atoms with Gasteiger partial charge in [0.05, 0.1) is 23.8 Å². The number of nitrogens with zero attached hydrogens (tertiary/aromatic N) is 4. The van der Waals surface area contributed by atoms with Gasteiger partial charge in [-0.3, -0.25) is 9.36 Å². The van der Waals surface area contributed by atoms with Crippen LogP contribution in [0.15, 0.2) is 71.5 Å². The topological polar surface area (TPSA) is 85.6 Å². The summed E-state index contributed by atoms with van der Waals surface area (Å²) >= 11 is 0. The van der Waals surface area contributed by atoms with Crippen molar-refractivity contribution < 1.29 is 4.79 Å². The monoisotopic (exact) mass is 507 g/mol. The molecule has 1 unspecified atom stereocenters. The highest BCUT2D eigenvalue weighted by atomic mass is 35.5. The van der Waals surface area contributed by atoms with E-state index in [0.29, 0.717) is 38.0 Å². The standard InChI is InChI=1S/C28H33N5O2.ClH/c1-4-25(31(16-8-15-29)27(34)23-13-11-20(2)12-14-23)26-18-24-17-21(3)30-33(24)28(35)32(26)19-22-9-6-5-7-10-22;/h5-7,9-14,17-18,25H,4,8,15-16,19,29H2,1-3H3;1H. The number of amides is 1. The van der Waals surface area contributed by atoms with Crippen LogP contribution in [0, 0.1) is 13.8 Å². The average molecular weight is 508 g/mol. The average Bonchev–Trinajstić information content (AvgIpc) is 3.25. The molecule has 8 heteroatoms. The molecule has 0 radical (unpaired) electrons. The van der Waals surface area contributed by atoms with Crippen molar-refractivity contribution in [2.24, 2.45) is 5.73 Å². The van der Waals surface area contributed by atoms with Crippen molar-refractivity contribution >= 4 is 23.8 Å². The maximum absolute atomic E-state index is 13.7. The Bertz CT molecular complexity index is 1360.